The second-order valence-corrected chi connectivity index (χ2v) is 5.72. The van der Waals surface area contributed by atoms with Crippen molar-refractivity contribution in [3.63, 3.8) is 0 Å². The Morgan fingerprint density at radius 3 is 1.19 bits per heavy atom. The van der Waals surface area contributed by atoms with Gasteiger partial charge in [-0.25, -0.2) is 0 Å². The molecule has 0 aliphatic rings. The largest absolute Gasteiger partial charge is 1.00 e. The molecule has 0 aromatic rings. The summed E-state index contributed by atoms with van der Waals surface area (Å²) >= 11 is 0. The third-order valence-corrected chi connectivity index (χ3v) is 4.64. The van der Waals surface area contributed by atoms with Crippen LogP contribution in [0.3, 0.4) is 0 Å². The smallest absolute Gasteiger partial charge is 0.0702 e. The third-order valence-electron chi connectivity index (χ3n) is 1.77. The Morgan fingerprint density at radius 1 is 0.750 bits per heavy atom. The second-order valence-electron chi connectivity index (χ2n) is 2.72. The molecule has 0 unspecified atom stereocenters. The van der Waals surface area contributed by atoms with E-state index in [4.69, 9.17) is 15.8 Å². The SMILES string of the molecule is C=C.N#CCC[PH+](CCC#N)CCC#N.[Br-]. The fraction of sp³-hybridized carbons (Fsp3) is 0.545. The van der Waals surface area contributed by atoms with Crippen LogP contribution in [0.25, 0.3) is 0 Å². The molecule has 0 amide bonds. The van der Waals surface area contributed by atoms with Gasteiger partial charge in [-0.15, -0.1) is 13.2 Å². The average molecular weight is 302 g/mol. The van der Waals surface area contributed by atoms with Crippen LogP contribution in [0.2, 0.25) is 0 Å². The lowest BCUT2D eigenvalue weighted by molar-refractivity contribution is -0.00000399. The molecule has 0 aliphatic carbocycles. The maximum atomic E-state index is 8.40. The highest BCUT2D eigenvalue weighted by atomic mass is 79.9. The second kappa shape index (κ2) is 19.7. The van der Waals surface area contributed by atoms with Gasteiger partial charge in [-0.05, 0) is 0 Å². The lowest BCUT2D eigenvalue weighted by atomic mass is 10.5. The summed E-state index contributed by atoms with van der Waals surface area (Å²) in [5.41, 5.74) is 0. The highest BCUT2D eigenvalue weighted by Crippen LogP contribution is 2.37. The topological polar surface area (TPSA) is 71.4 Å². The van der Waals surface area contributed by atoms with E-state index in [2.05, 4.69) is 31.4 Å². The Balaban J connectivity index is -0.000000529. The van der Waals surface area contributed by atoms with Crippen molar-refractivity contribution in [1.29, 1.82) is 15.8 Å². The van der Waals surface area contributed by atoms with Gasteiger partial charge in [-0.1, -0.05) is 0 Å². The molecular weight excluding hydrogens is 285 g/mol. The van der Waals surface area contributed by atoms with Gasteiger partial charge in [0.05, 0.1) is 56.0 Å². The van der Waals surface area contributed by atoms with Gasteiger partial charge in [-0.2, -0.15) is 15.8 Å². The Morgan fingerprint density at radius 2 is 1.00 bits per heavy atom. The molecule has 5 heteroatoms. The zero-order chi connectivity index (χ0) is 11.9. The maximum Gasteiger partial charge on any atom is 0.0702 e. The van der Waals surface area contributed by atoms with E-state index in [-0.39, 0.29) is 17.0 Å². The fourth-order valence-corrected chi connectivity index (χ4v) is 3.22. The number of hydrogen-bond donors (Lipinski definition) is 0. The molecule has 16 heavy (non-hydrogen) atoms. The van der Waals surface area contributed by atoms with Crippen LogP contribution in [0.1, 0.15) is 19.3 Å². The molecule has 0 aliphatic heterocycles. The lowest BCUT2D eigenvalue weighted by Crippen LogP contribution is -3.00. The molecule has 0 spiro atoms. The van der Waals surface area contributed by atoms with Gasteiger partial charge in [0.25, 0.3) is 0 Å². The van der Waals surface area contributed by atoms with E-state index in [1.807, 2.05) is 0 Å². The standard InChI is InChI=1S/C9H12N3P.C2H4.BrH/c10-4-1-7-13(8-2-5-11)9-3-6-12;1-2;/h1-3,7-9H2;1-2H2;1H. The summed E-state index contributed by atoms with van der Waals surface area (Å²) < 4.78 is 0. The van der Waals surface area contributed by atoms with E-state index in [0.29, 0.717) is 19.3 Å². The predicted octanol–water partition coefficient (Wildman–Crippen LogP) is -0.252. The number of hydrogen-bond acceptors (Lipinski definition) is 3. The summed E-state index contributed by atoms with van der Waals surface area (Å²) in [6, 6.07) is 6.33. The Bertz CT molecular complexity index is 219. The highest BCUT2D eigenvalue weighted by Gasteiger charge is 2.14. The molecule has 0 radical (unpaired) electrons. The van der Waals surface area contributed by atoms with Gasteiger partial charge in [0, 0.05) is 7.92 Å². The van der Waals surface area contributed by atoms with Crippen LogP contribution in [0, 0.1) is 34.0 Å². The third kappa shape index (κ3) is 15.6. The monoisotopic (exact) mass is 301 g/mol. The molecule has 0 N–H and O–H groups in total. The summed E-state index contributed by atoms with van der Waals surface area (Å²) in [4.78, 5) is 0. The minimum Gasteiger partial charge on any atom is -1.00 e. The number of nitrogens with zero attached hydrogens (tertiary/aromatic N) is 3. The van der Waals surface area contributed by atoms with E-state index in [9.17, 15) is 0 Å². The van der Waals surface area contributed by atoms with Crippen molar-refractivity contribution in [2.45, 2.75) is 19.3 Å². The van der Waals surface area contributed by atoms with Gasteiger partial charge < -0.3 is 17.0 Å². The Labute approximate surface area is 110 Å². The molecule has 3 nitrogen and oxygen atoms in total. The molecule has 88 valence electrons. The minimum atomic E-state index is -0.600. The molecular formula is C11H17BrN3P. The molecule has 0 bridgehead atoms. The average Bonchev–Trinajstić information content (AvgIpc) is 2.31. The van der Waals surface area contributed by atoms with E-state index in [1.54, 1.807) is 0 Å². The van der Waals surface area contributed by atoms with Crippen molar-refractivity contribution >= 4 is 7.92 Å². The first-order valence-electron chi connectivity index (χ1n) is 4.79. The first-order valence-corrected chi connectivity index (χ1v) is 6.91. The van der Waals surface area contributed by atoms with Crippen LogP contribution in [0.4, 0.5) is 0 Å². The van der Waals surface area contributed by atoms with E-state index >= 15 is 0 Å². The van der Waals surface area contributed by atoms with Crippen molar-refractivity contribution in [3.05, 3.63) is 13.2 Å². The quantitative estimate of drug-likeness (QED) is 0.502. The van der Waals surface area contributed by atoms with Gasteiger partial charge in [0.15, 0.2) is 0 Å². The Kier molecular flexibility index (Phi) is 25.2. The van der Waals surface area contributed by atoms with Crippen molar-refractivity contribution < 1.29 is 17.0 Å². The summed E-state index contributed by atoms with van der Waals surface area (Å²) in [5.74, 6) is 0. The van der Waals surface area contributed by atoms with Gasteiger partial charge in [-0.3, -0.25) is 0 Å². The molecule has 0 aromatic heterocycles. The van der Waals surface area contributed by atoms with Crippen LogP contribution in [-0.2, 0) is 0 Å². The summed E-state index contributed by atoms with van der Waals surface area (Å²) in [7, 11) is -0.600. The Hall–Kier alpha value is -0.880. The van der Waals surface area contributed by atoms with Crippen LogP contribution in [-0.4, -0.2) is 18.5 Å². The fourth-order valence-electron chi connectivity index (χ4n) is 1.07. The molecule has 0 saturated heterocycles. The molecule has 0 fully saturated rings. The predicted molar refractivity (Wildman–Crippen MR) is 64.9 cm³/mol. The van der Waals surface area contributed by atoms with Gasteiger partial charge in [0.2, 0.25) is 0 Å². The molecule has 0 heterocycles. The first-order chi connectivity index (χ1) is 7.35. The zero-order valence-corrected chi connectivity index (χ0v) is 12.0. The van der Waals surface area contributed by atoms with Crippen molar-refractivity contribution in [2.24, 2.45) is 0 Å². The molecule has 0 rings (SSSR count). The maximum absolute atomic E-state index is 8.40. The van der Waals surface area contributed by atoms with Gasteiger partial charge >= 0.3 is 0 Å². The van der Waals surface area contributed by atoms with Crippen LogP contribution in [0.15, 0.2) is 13.2 Å². The zero-order valence-electron chi connectivity index (χ0n) is 9.38. The normalized spacial score (nSPS) is 7.38. The van der Waals surface area contributed by atoms with Crippen LogP contribution >= 0.6 is 7.92 Å². The number of rotatable bonds is 6. The number of halogens is 1. The first kappa shape index (κ1) is 20.5. The van der Waals surface area contributed by atoms with E-state index in [1.165, 1.54) is 0 Å². The van der Waals surface area contributed by atoms with E-state index in [0.717, 1.165) is 18.5 Å². The van der Waals surface area contributed by atoms with Crippen molar-refractivity contribution in [1.82, 2.24) is 0 Å². The molecule has 0 aromatic carbocycles. The van der Waals surface area contributed by atoms with Crippen LogP contribution < -0.4 is 17.0 Å². The van der Waals surface area contributed by atoms with Crippen molar-refractivity contribution in [3.8, 4) is 18.2 Å². The van der Waals surface area contributed by atoms with Crippen LogP contribution in [0.5, 0.6) is 0 Å². The summed E-state index contributed by atoms with van der Waals surface area (Å²) in [5, 5.41) is 25.2. The van der Waals surface area contributed by atoms with Gasteiger partial charge in [0.1, 0.15) is 0 Å². The number of nitriles is 3. The highest BCUT2D eigenvalue weighted by molar-refractivity contribution is 7.57. The summed E-state index contributed by atoms with van der Waals surface area (Å²) in [6.07, 6.45) is 4.49. The molecule has 0 saturated carbocycles. The lowest BCUT2D eigenvalue weighted by Gasteiger charge is -2.03. The summed E-state index contributed by atoms with van der Waals surface area (Å²) in [6.45, 7) is 6.00. The van der Waals surface area contributed by atoms with E-state index < -0.39 is 7.92 Å². The minimum absolute atomic E-state index is 0. The van der Waals surface area contributed by atoms with Crippen molar-refractivity contribution in [2.75, 3.05) is 18.5 Å². The molecule has 0 atom stereocenters.